The smallest absolute Gasteiger partial charge is 0.156 e. The summed E-state index contributed by atoms with van der Waals surface area (Å²) < 4.78 is 4.94. The molecular formula is C7H12N2O. The van der Waals surface area contributed by atoms with E-state index in [2.05, 4.69) is 10.5 Å². The van der Waals surface area contributed by atoms with Gasteiger partial charge in [0.05, 0.1) is 0 Å². The van der Waals surface area contributed by atoms with Crippen LogP contribution in [0.4, 0.5) is 5.69 Å². The molecule has 1 heterocycles. The van der Waals surface area contributed by atoms with Gasteiger partial charge in [-0.25, -0.2) is 0 Å². The minimum atomic E-state index is 0.861. The monoisotopic (exact) mass is 140 g/mol. The normalized spacial score (nSPS) is 9.90. The van der Waals surface area contributed by atoms with Gasteiger partial charge in [-0.15, -0.1) is 0 Å². The van der Waals surface area contributed by atoms with Gasteiger partial charge in [-0.05, 0) is 20.8 Å². The third-order valence-electron chi connectivity index (χ3n) is 1.39. The first-order chi connectivity index (χ1) is 4.75. The highest BCUT2D eigenvalue weighted by Crippen LogP contribution is 2.17. The molecule has 1 rings (SSSR count). The van der Waals surface area contributed by atoms with E-state index < -0.39 is 0 Å². The van der Waals surface area contributed by atoms with Crippen LogP contribution in [0.15, 0.2) is 4.52 Å². The van der Waals surface area contributed by atoms with Gasteiger partial charge >= 0.3 is 0 Å². The van der Waals surface area contributed by atoms with Crippen molar-refractivity contribution in [2.24, 2.45) is 0 Å². The lowest BCUT2D eigenvalue weighted by atomic mass is 10.3. The van der Waals surface area contributed by atoms with Crippen LogP contribution in [0.2, 0.25) is 0 Å². The van der Waals surface area contributed by atoms with Crippen molar-refractivity contribution in [2.45, 2.75) is 20.8 Å². The van der Waals surface area contributed by atoms with E-state index in [-0.39, 0.29) is 0 Å². The van der Waals surface area contributed by atoms with Gasteiger partial charge in [-0.3, -0.25) is 0 Å². The van der Waals surface area contributed by atoms with Gasteiger partial charge in [0.2, 0.25) is 0 Å². The second-order valence-corrected chi connectivity index (χ2v) is 2.23. The minimum Gasteiger partial charge on any atom is -0.381 e. The van der Waals surface area contributed by atoms with E-state index in [1.807, 2.05) is 20.8 Å². The zero-order valence-electron chi connectivity index (χ0n) is 6.56. The Bertz CT molecular complexity index is 198. The Kier molecular flexibility index (Phi) is 1.94. The van der Waals surface area contributed by atoms with Gasteiger partial charge in [-0.1, -0.05) is 5.16 Å². The largest absolute Gasteiger partial charge is 0.381 e. The van der Waals surface area contributed by atoms with E-state index in [1.165, 1.54) is 0 Å². The molecule has 0 radical (unpaired) electrons. The summed E-state index contributed by atoms with van der Waals surface area (Å²) >= 11 is 0. The summed E-state index contributed by atoms with van der Waals surface area (Å²) in [5, 5.41) is 6.97. The Balaban J connectivity index is 2.87. The van der Waals surface area contributed by atoms with E-state index in [9.17, 15) is 0 Å². The SMILES string of the molecule is CCNc1c(C)noc1C. The summed E-state index contributed by atoms with van der Waals surface area (Å²) in [5.41, 5.74) is 1.96. The van der Waals surface area contributed by atoms with Crippen molar-refractivity contribution in [1.82, 2.24) is 5.16 Å². The van der Waals surface area contributed by atoms with E-state index in [0.29, 0.717) is 0 Å². The van der Waals surface area contributed by atoms with Crippen molar-refractivity contribution in [1.29, 1.82) is 0 Å². The standard InChI is InChI=1S/C7H12N2O/c1-4-8-7-5(2)9-10-6(7)3/h8H,4H2,1-3H3. The van der Waals surface area contributed by atoms with Gasteiger partial charge in [-0.2, -0.15) is 0 Å². The molecule has 0 atom stereocenters. The number of nitrogens with one attached hydrogen (secondary N) is 1. The van der Waals surface area contributed by atoms with Crippen LogP contribution in [-0.2, 0) is 0 Å². The molecule has 0 fully saturated rings. The number of anilines is 1. The summed E-state index contributed by atoms with van der Waals surface area (Å²) in [6.45, 7) is 6.78. The van der Waals surface area contributed by atoms with Gasteiger partial charge in [0.15, 0.2) is 5.76 Å². The highest BCUT2D eigenvalue weighted by Gasteiger charge is 2.05. The lowest BCUT2D eigenvalue weighted by Crippen LogP contribution is -1.97. The topological polar surface area (TPSA) is 38.1 Å². The van der Waals surface area contributed by atoms with Crippen molar-refractivity contribution in [2.75, 3.05) is 11.9 Å². The average Bonchev–Trinajstić information content (AvgIpc) is 2.20. The summed E-state index contributed by atoms with van der Waals surface area (Å²) in [6.07, 6.45) is 0. The highest BCUT2D eigenvalue weighted by atomic mass is 16.5. The molecule has 0 saturated heterocycles. The number of aryl methyl sites for hydroxylation is 2. The van der Waals surface area contributed by atoms with Crippen LogP contribution < -0.4 is 5.32 Å². The second kappa shape index (κ2) is 2.73. The molecule has 0 unspecified atom stereocenters. The summed E-state index contributed by atoms with van der Waals surface area (Å²) in [4.78, 5) is 0. The summed E-state index contributed by atoms with van der Waals surface area (Å²) in [6, 6.07) is 0. The van der Waals surface area contributed by atoms with Gasteiger partial charge in [0.1, 0.15) is 11.4 Å². The molecule has 0 aromatic carbocycles. The molecule has 0 amide bonds. The number of nitrogens with zero attached hydrogens (tertiary/aromatic N) is 1. The molecule has 10 heavy (non-hydrogen) atoms. The van der Waals surface area contributed by atoms with Crippen LogP contribution in [0, 0.1) is 13.8 Å². The summed E-state index contributed by atoms with van der Waals surface area (Å²) in [7, 11) is 0. The first kappa shape index (κ1) is 7.12. The molecule has 56 valence electrons. The van der Waals surface area contributed by atoms with Crippen molar-refractivity contribution in [3.63, 3.8) is 0 Å². The average molecular weight is 140 g/mol. The fraction of sp³-hybridized carbons (Fsp3) is 0.571. The maximum Gasteiger partial charge on any atom is 0.156 e. The highest BCUT2D eigenvalue weighted by molar-refractivity contribution is 5.49. The van der Waals surface area contributed by atoms with Crippen molar-refractivity contribution in [3.8, 4) is 0 Å². The van der Waals surface area contributed by atoms with Crippen molar-refractivity contribution in [3.05, 3.63) is 11.5 Å². The van der Waals surface area contributed by atoms with Crippen LogP contribution in [0.3, 0.4) is 0 Å². The Morgan fingerprint density at radius 1 is 1.50 bits per heavy atom. The van der Waals surface area contributed by atoms with Gasteiger partial charge < -0.3 is 9.84 Å². The third kappa shape index (κ3) is 1.12. The molecule has 0 saturated carbocycles. The Hall–Kier alpha value is -0.990. The van der Waals surface area contributed by atoms with Crippen LogP contribution >= 0.6 is 0 Å². The van der Waals surface area contributed by atoms with Gasteiger partial charge in [0, 0.05) is 6.54 Å². The van der Waals surface area contributed by atoms with Crippen LogP contribution in [-0.4, -0.2) is 11.7 Å². The molecule has 0 bridgehead atoms. The van der Waals surface area contributed by atoms with Crippen LogP contribution in [0.1, 0.15) is 18.4 Å². The van der Waals surface area contributed by atoms with E-state index in [1.54, 1.807) is 0 Å². The predicted molar refractivity (Wildman–Crippen MR) is 40.1 cm³/mol. The quantitative estimate of drug-likeness (QED) is 0.679. The molecule has 0 aliphatic rings. The van der Waals surface area contributed by atoms with E-state index in [4.69, 9.17) is 4.52 Å². The van der Waals surface area contributed by atoms with Crippen molar-refractivity contribution >= 4 is 5.69 Å². The fourth-order valence-electron chi connectivity index (χ4n) is 0.912. The summed E-state index contributed by atoms with van der Waals surface area (Å²) in [5.74, 6) is 0.861. The van der Waals surface area contributed by atoms with E-state index in [0.717, 1.165) is 23.7 Å². The predicted octanol–water partition coefficient (Wildman–Crippen LogP) is 1.72. The third-order valence-corrected chi connectivity index (χ3v) is 1.39. The number of hydrogen-bond acceptors (Lipinski definition) is 3. The van der Waals surface area contributed by atoms with E-state index >= 15 is 0 Å². The van der Waals surface area contributed by atoms with Gasteiger partial charge in [0.25, 0.3) is 0 Å². The lowest BCUT2D eigenvalue weighted by Gasteiger charge is -1.98. The molecule has 3 nitrogen and oxygen atoms in total. The molecule has 1 aromatic heterocycles. The molecule has 1 aromatic rings. The number of hydrogen-bond donors (Lipinski definition) is 1. The Morgan fingerprint density at radius 3 is 2.60 bits per heavy atom. The number of aromatic nitrogens is 1. The first-order valence-electron chi connectivity index (χ1n) is 3.42. The zero-order valence-corrected chi connectivity index (χ0v) is 6.56. The second-order valence-electron chi connectivity index (χ2n) is 2.23. The van der Waals surface area contributed by atoms with Crippen LogP contribution in [0.5, 0.6) is 0 Å². The molecule has 0 aliphatic heterocycles. The Morgan fingerprint density at radius 2 is 2.20 bits per heavy atom. The minimum absolute atomic E-state index is 0.861. The Labute approximate surface area is 60.4 Å². The molecule has 0 spiro atoms. The molecule has 0 aliphatic carbocycles. The van der Waals surface area contributed by atoms with Crippen LogP contribution in [0.25, 0.3) is 0 Å². The zero-order chi connectivity index (χ0) is 7.56. The molecular weight excluding hydrogens is 128 g/mol. The lowest BCUT2D eigenvalue weighted by molar-refractivity contribution is 0.393. The maximum atomic E-state index is 4.94. The first-order valence-corrected chi connectivity index (χ1v) is 3.42. The number of rotatable bonds is 2. The molecule has 1 N–H and O–H groups in total. The fourth-order valence-corrected chi connectivity index (χ4v) is 0.912. The molecule has 3 heteroatoms. The van der Waals surface area contributed by atoms with Crippen molar-refractivity contribution < 1.29 is 4.52 Å². The maximum absolute atomic E-state index is 4.94.